The van der Waals surface area contributed by atoms with E-state index in [0.717, 1.165) is 31.2 Å². The highest BCUT2D eigenvalue weighted by atomic mass is 19.1. The molecular weight excluding hydrogens is 387 g/mol. The molecule has 0 aromatic heterocycles. The first-order chi connectivity index (χ1) is 14.5. The van der Waals surface area contributed by atoms with E-state index in [9.17, 15) is 14.0 Å². The molecule has 1 fully saturated rings. The summed E-state index contributed by atoms with van der Waals surface area (Å²) >= 11 is 0. The minimum absolute atomic E-state index is 0.116. The van der Waals surface area contributed by atoms with Crippen molar-refractivity contribution in [3.05, 3.63) is 59.4 Å². The Morgan fingerprint density at radius 2 is 1.77 bits per heavy atom. The van der Waals surface area contributed by atoms with Gasteiger partial charge < -0.3 is 20.1 Å². The van der Waals surface area contributed by atoms with E-state index < -0.39 is 5.91 Å². The second kappa shape index (κ2) is 10.1. The minimum Gasteiger partial charge on any atom is -0.493 e. The highest BCUT2D eigenvalue weighted by molar-refractivity contribution is 5.94. The first kappa shape index (κ1) is 21.6. The van der Waals surface area contributed by atoms with Gasteiger partial charge >= 0.3 is 0 Å². The van der Waals surface area contributed by atoms with Gasteiger partial charge in [-0.1, -0.05) is 25.3 Å². The molecule has 30 heavy (non-hydrogen) atoms. The molecular formula is C23H27FN2O4. The van der Waals surface area contributed by atoms with Crippen molar-refractivity contribution < 1.29 is 23.5 Å². The van der Waals surface area contributed by atoms with Crippen molar-refractivity contribution in [3.63, 3.8) is 0 Å². The lowest BCUT2D eigenvalue weighted by Gasteiger charge is -2.34. The zero-order chi connectivity index (χ0) is 21.5. The van der Waals surface area contributed by atoms with Crippen LogP contribution in [0.4, 0.5) is 4.39 Å². The molecule has 0 aliphatic heterocycles. The van der Waals surface area contributed by atoms with Gasteiger partial charge in [-0.3, -0.25) is 9.59 Å². The number of hydrogen-bond acceptors (Lipinski definition) is 4. The number of methoxy groups -OCH3 is 1. The molecule has 160 valence electrons. The second-order valence-corrected chi connectivity index (χ2v) is 7.47. The van der Waals surface area contributed by atoms with Crippen LogP contribution in [0.3, 0.4) is 0 Å². The Morgan fingerprint density at radius 1 is 1.07 bits per heavy atom. The Kier molecular flexibility index (Phi) is 7.27. The smallest absolute Gasteiger partial charge is 0.255 e. The van der Waals surface area contributed by atoms with Crippen molar-refractivity contribution in [2.24, 2.45) is 5.73 Å². The van der Waals surface area contributed by atoms with Gasteiger partial charge in [0.2, 0.25) is 0 Å². The van der Waals surface area contributed by atoms with E-state index in [1.165, 1.54) is 37.8 Å². The van der Waals surface area contributed by atoms with Crippen molar-refractivity contribution in [2.75, 3.05) is 13.7 Å². The SMILES string of the molecule is COc1cc(CN(C(=O)c2ccc(F)cc2)C2CCCCC2)ccc1OCC(N)=O. The molecule has 0 heterocycles. The molecule has 0 spiro atoms. The van der Waals surface area contributed by atoms with Crippen molar-refractivity contribution in [2.45, 2.75) is 44.7 Å². The monoisotopic (exact) mass is 414 g/mol. The number of nitrogens with zero attached hydrogens (tertiary/aromatic N) is 1. The molecule has 1 aliphatic rings. The third kappa shape index (κ3) is 5.49. The van der Waals surface area contributed by atoms with Gasteiger partial charge in [-0.15, -0.1) is 0 Å². The van der Waals surface area contributed by atoms with Gasteiger partial charge in [-0.25, -0.2) is 4.39 Å². The van der Waals surface area contributed by atoms with E-state index in [1.807, 2.05) is 11.0 Å². The third-order valence-corrected chi connectivity index (χ3v) is 5.32. The highest BCUT2D eigenvalue weighted by Gasteiger charge is 2.27. The van der Waals surface area contributed by atoms with Crippen molar-refractivity contribution in [1.29, 1.82) is 0 Å². The summed E-state index contributed by atoms with van der Waals surface area (Å²) in [6.07, 6.45) is 5.24. The van der Waals surface area contributed by atoms with Gasteiger partial charge in [0, 0.05) is 18.2 Å². The molecule has 0 atom stereocenters. The number of halogens is 1. The Hall–Kier alpha value is -3.09. The molecule has 6 nitrogen and oxygen atoms in total. The van der Waals surface area contributed by atoms with E-state index in [-0.39, 0.29) is 24.4 Å². The molecule has 3 rings (SSSR count). The Morgan fingerprint density at radius 3 is 2.40 bits per heavy atom. The van der Waals surface area contributed by atoms with Gasteiger partial charge in [0.1, 0.15) is 5.82 Å². The number of nitrogens with two attached hydrogens (primary N) is 1. The summed E-state index contributed by atoms with van der Waals surface area (Å²) in [5, 5.41) is 0. The van der Waals surface area contributed by atoms with Crippen LogP contribution in [-0.2, 0) is 11.3 Å². The van der Waals surface area contributed by atoms with Crippen LogP contribution >= 0.6 is 0 Å². The van der Waals surface area contributed by atoms with E-state index in [1.54, 1.807) is 12.1 Å². The van der Waals surface area contributed by atoms with E-state index >= 15 is 0 Å². The predicted octanol–water partition coefficient (Wildman–Crippen LogP) is 3.67. The lowest BCUT2D eigenvalue weighted by molar-refractivity contribution is -0.119. The first-order valence-corrected chi connectivity index (χ1v) is 10.1. The number of rotatable bonds is 8. The summed E-state index contributed by atoms with van der Waals surface area (Å²) < 4.78 is 24.1. The van der Waals surface area contributed by atoms with Gasteiger partial charge in [-0.2, -0.15) is 0 Å². The molecule has 0 saturated heterocycles. The van der Waals surface area contributed by atoms with Crippen LogP contribution in [0.25, 0.3) is 0 Å². The van der Waals surface area contributed by atoms with Crippen LogP contribution in [0.5, 0.6) is 11.5 Å². The fourth-order valence-electron chi connectivity index (χ4n) is 3.79. The standard InChI is InChI=1S/C23H27FN2O4/c1-29-21-13-16(7-12-20(21)30-15-22(25)27)14-26(19-5-3-2-4-6-19)23(28)17-8-10-18(24)11-9-17/h7-13,19H,2-6,14-15H2,1H3,(H2,25,27). The lowest BCUT2D eigenvalue weighted by atomic mass is 9.93. The fourth-order valence-corrected chi connectivity index (χ4v) is 3.79. The average molecular weight is 414 g/mol. The number of amides is 2. The van der Waals surface area contributed by atoms with Gasteiger partial charge in [0.25, 0.3) is 11.8 Å². The zero-order valence-corrected chi connectivity index (χ0v) is 17.1. The number of benzene rings is 2. The minimum atomic E-state index is -0.575. The first-order valence-electron chi connectivity index (χ1n) is 10.1. The number of carbonyl (C=O) groups is 2. The summed E-state index contributed by atoms with van der Waals surface area (Å²) in [5.74, 6) is -0.183. The van der Waals surface area contributed by atoms with Crippen molar-refractivity contribution in [3.8, 4) is 11.5 Å². The second-order valence-electron chi connectivity index (χ2n) is 7.47. The summed E-state index contributed by atoms with van der Waals surface area (Å²) in [7, 11) is 1.51. The van der Waals surface area contributed by atoms with Crippen LogP contribution in [0.2, 0.25) is 0 Å². The highest BCUT2D eigenvalue weighted by Crippen LogP contribution is 2.31. The summed E-state index contributed by atoms with van der Waals surface area (Å²) in [6.45, 7) is 0.153. The third-order valence-electron chi connectivity index (χ3n) is 5.32. The number of carbonyl (C=O) groups excluding carboxylic acids is 2. The van der Waals surface area contributed by atoms with E-state index in [2.05, 4.69) is 0 Å². The maximum absolute atomic E-state index is 13.3. The molecule has 1 aliphatic carbocycles. The molecule has 7 heteroatoms. The van der Waals surface area contributed by atoms with Gasteiger partial charge in [0.05, 0.1) is 7.11 Å². The number of hydrogen-bond donors (Lipinski definition) is 1. The Bertz CT molecular complexity index is 879. The quantitative estimate of drug-likeness (QED) is 0.715. The van der Waals surface area contributed by atoms with Crippen LogP contribution in [0.1, 0.15) is 48.0 Å². The predicted molar refractivity (Wildman–Crippen MR) is 111 cm³/mol. The van der Waals surface area contributed by atoms with Crippen LogP contribution in [-0.4, -0.2) is 36.5 Å². The van der Waals surface area contributed by atoms with Crippen LogP contribution in [0.15, 0.2) is 42.5 Å². The van der Waals surface area contributed by atoms with Crippen molar-refractivity contribution in [1.82, 2.24) is 4.90 Å². The molecule has 2 N–H and O–H groups in total. The molecule has 0 unspecified atom stereocenters. The van der Waals surface area contributed by atoms with Gasteiger partial charge in [0.15, 0.2) is 18.1 Å². The topological polar surface area (TPSA) is 81.9 Å². The molecule has 1 saturated carbocycles. The summed E-state index contributed by atoms with van der Waals surface area (Å²) in [5.41, 5.74) is 6.48. The number of ether oxygens (including phenoxy) is 2. The maximum atomic E-state index is 13.3. The van der Waals surface area contributed by atoms with E-state index in [4.69, 9.17) is 15.2 Å². The molecule has 0 bridgehead atoms. The Labute approximate surface area is 175 Å². The number of primary amides is 1. The molecule has 2 aromatic carbocycles. The van der Waals surface area contributed by atoms with Crippen LogP contribution < -0.4 is 15.2 Å². The molecule has 0 radical (unpaired) electrons. The largest absolute Gasteiger partial charge is 0.493 e. The maximum Gasteiger partial charge on any atom is 0.255 e. The fraction of sp³-hybridized carbons (Fsp3) is 0.391. The summed E-state index contributed by atoms with van der Waals surface area (Å²) in [6, 6.07) is 11.1. The average Bonchev–Trinajstić information content (AvgIpc) is 2.77. The van der Waals surface area contributed by atoms with Crippen LogP contribution in [0, 0.1) is 5.82 Å². The van der Waals surface area contributed by atoms with Gasteiger partial charge in [-0.05, 0) is 54.8 Å². The lowest BCUT2D eigenvalue weighted by Crippen LogP contribution is -2.41. The van der Waals surface area contributed by atoms with E-state index in [0.29, 0.717) is 23.6 Å². The zero-order valence-electron chi connectivity index (χ0n) is 17.1. The molecule has 2 amide bonds. The Balaban J connectivity index is 1.84. The summed E-state index contributed by atoms with van der Waals surface area (Å²) in [4.78, 5) is 26.1. The molecule has 2 aromatic rings. The van der Waals surface area contributed by atoms with Crippen molar-refractivity contribution >= 4 is 11.8 Å². The normalized spacial score (nSPS) is 14.2.